The van der Waals surface area contributed by atoms with Crippen LogP contribution in [-0.2, 0) is 0 Å². The van der Waals surface area contributed by atoms with Gasteiger partial charge in [-0.2, -0.15) is 0 Å². The van der Waals surface area contributed by atoms with Crippen molar-refractivity contribution in [1.29, 1.82) is 0 Å². The fourth-order valence-corrected chi connectivity index (χ4v) is 2.97. The number of hydrogen-bond donors (Lipinski definition) is 1. The Bertz CT molecular complexity index is 368. The van der Waals surface area contributed by atoms with Gasteiger partial charge in [-0.05, 0) is 30.7 Å². The van der Waals surface area contributed by atoms with Crippen LogP contribution >= 0.6 is 27.5 Å². The summed E-state index contributed by atoms with van der Waals surface area (Å²) in [4.78, 5) is 2.29. The first-order valence-electron chi connectivity index (χ1n) is 5.81. The summed E-state index contributed by atoms with van der Waals surface area (Å²) in [5, 5.41) is 0.739. The SMILES string of the molecule is CC(C)CN(C)C(CN)c1ccc(Cl)cc1Br. The molecule has 2 nitrogen and oxygen atoms in total. The molecule has 17 heavy (non-hydrogen) atoms. The number of nitrogens with zero attached hydrogens (tertiary/aromatic N) is 1. The monoisotopic (exact) mass is 318 g/mol. The molecule has 0 saturated carbocycles. The Kier molecular flexibility index (Phi) is 5.93. The molecule has 1 aromatic rings. The van der Waals surface area contributed by atoms with E-state index >= 15 is 0 Å². The van der Waals surface area contributed by atoms with E-state index in [0.29, 0.717) is 12.5 Å². The number of hydrogen-bond acceptors (Lipinski definition) is 2. The van der Waals surface area contributed by atoms with Gasteiger partial charge < -0.3 is 5.73 Å². The van der Waals surface area contributed by atoms with E-state index in [9.17, 15) is 0 Å². The highest BCUT2D eigenvalue weighted by molar-refractivity contribution is 9.10. The third kappa shape index (κ3) is 4.25. The molecular weight excluding hydrogens is 300 g/mol. The minimum Gasteiger partial charge on any atom is -0.329 e. The third-order valence-corrected chi connectivity index (χ3v) is 3.65. The first-order chi connectivity index (χ1) is 7.95. The molecule has 2 N–H and O–H groups in total. The molecule has 96 valence electrons. The molecule has 0 aliphatic heterocycles. The minimum absolute atomic E-state index is 0.226. The maximum absolute atomic E-state index is 5.95. The molecular formula is C13H20BrClN2. The molecule has 0 saturated heterocycles. The highest BCUT2D eigenvalue weighted by atomic mass is 79.9. The number of halogens is 2. The summed E-state index contributed by atoms with van der Waals surface area (Å²) in [6.45, 7) is 6.04. The number of likely N-dealkylation sites (N-methyl/N-ethyl adjacent to an activating group) is 1. The van der Waals surface area contributed by atoms with Gasteiger partial charge in [-0.25, -0.2) is 0 Å². The van der Waals surface area contributed by atoms with Crippen LogP contribution < -0.4 is 5.73 Å². The second kappa shape index (κ2) is 6.74. The van der Waals surface area contributed by atoms with Gasteiger partial charge in [0, 0.05) is 28.6 Å². The van der Waals surface area contributed by atoms with Crippen LogP contribution in [0.5, 0.6) is 0 Å². The predicted molar refractivity (Wildman–Crippen MR) is 78.4 cm³/mol. The van der Waals surface area contributed by atoms with Crippen LogP contribution in [0.25, 0.3) is 0 Å². The van der Waals surface area contributed by atoms with E-state index in [2.05, 4.69) is 41.7 Å². The lowest BCUT2D eigenvalue weighted by Crippen LogP contribution is -2.33. The van der Waals surface area contributed by atoms with Crippen molar-refractivity contribution >= 4 is 27.5 Å². The molecule has 0 aliphatic rings. The summed E-state index contributed by atoms with van der Waals surface area (Å²) < 4.78 is 1.02. The van der Waals surface area contributed by atoms with E-state index in [-0.39, 0.29) is 6.04 Å². The van der Waals surface area contributed by atoms with Crippen molar-refractivity contribution in [1.82, 2.24) is 4.90 Å². The molecule has 4 heteroatoms. The van der Waals surface area contributed by atoms with Crippen molar-refractivity contribution in [2.24, 2.45) is 11.7 Å². The van der Waals surface area contributed by atoms with Gasteiger partial charge in [-0.3, -0.25) is 4.90 Å². The van der Waals surface area contributed by atoms with Crippen LogP contribution in [0, 0.1) is 5.92 Å². The molecule has 0 amide bonds. The van der Waals surface area contributed by atoms with Gasteiger partial charge in [0.2, 0.25) is 0 Å². The van der Waals surface area contributed by atoms with Crippen LogP contribution in [0.2, 0.25) is 5.02 Å². The highest BCUT2D eigenvalue weighted by Gasteiger charge is 2.18. The van der Waals surface area contributed by atoms with E-state index in [1.807, 2.05) is 18.2 Å². The minimum atomic E-state index is 0.226. The summed E-state index contributed by atoms with van der Waals surface area (Å²) in [6.07, 6.45) is 0. The lowest BCUT2D eigenvalue weighted by atomic mass is 10.0. The van der Waals surface area contributed by atoms with Gasteiger partial charge in [-0.1, -0.05) is 47.4 Å². The van der Waals surface area contributed by atoms with Gasteiger partial charge >= 0.3 is 0 Å². The Morgan fingerprint density at radius 1 is 1.41 bits per heavy atom. The van der Waals surface area contributed by atoms with Crippen LogP contribution in [0.15, 0.2) is 22.7 Å². The standard InChI is InChI=1S/C13H20BrClN2/c1-9(2)8-17(3)13(7-16)11-5-4-10(15)6-12(11)14/h4-6,9,13H,7-8,16H2,1-3H3. The zero-order valence-corrected chi connectivity index (χ0v) is 12.9. The summed E-state index contributed by atoms with van der Waals surface area (Å²) in [5.74, 6) is 0.625. The molecule has 0 aliphatic carbocycles. The highest BCUT2D eigenvalue weighted by Crippen LogP contribution is 2.29. The molecule has 1 rings (SSSR count). The lowest BCUT2D eigenvalue weighted by molar-refractivity contribution is 0.223. The van der Waals surface area contributed by atoms with Crippen molar-refractivity contribution in [3.63, 3.8) is 0 Å². The van der Waals surface area contributed by atoms with Crippen molar-refractivity contribution in [3.05, 3.63) is 33.3 Å². The van der Waals surface area contributed by atoms with Crippen LogP contribution in [0.4, 0.5) is 0 Å². The average molecular weight is 320 g/mol. The first kappa shape index (κ1) is 15.0. The molecule has 0 aromatic heterocycles. The van der Waals surface area contributed by atoms with Crippen LogP contribution in [-0.4, -0.2) is 25.0 Å². The van der Waals surface area contributed by atoms with E-state index in [1.54, 1.807) is 0 Å². The fourth-order valence-electron chi connectivity index (χ4n) is 2.02. The van der Waals surface area contributed by atoms with Gasteiger partial charge in [0.05, 0.1) is 0 Å². The quantitative estimate of drug-likeness (QED) is 0.897. The molecule has 0 heterocycles. The molecule has 1 unspecified atom stereocenters. The third-order valence-electron chi connectivity index (χ3n) is 2.73. The second-order valence-corrected chi connectivity index (χ2v) is 6.04. The van der Waals surface area contributed by atoms with E-state index in [0.717, 1.165) is 16.0 Å². The largest absolute Gasteiger partial charge is 0.329 e. The Morgan fingerprint density at radius 2 is 2.06 bits per heavy atom. The summed E-state index contributed by atoms with van der Waals surface area (Å²) in [6, 6.07) is 6.10. The molecule has 0 fully saturated rings. The van der Waals surface area contributed by atoms with Crippen LogP contribution in [0.1, 0.15) is 25.5 Å². The Morgan fingerprint density at radius 3 is 2.53 bits per heavy atom. The zero-order chi connectivity index (χ0) is 13.0. The number of rotatable bonds is 5. The summed E-state index contributed by atoms with van der Waals surface area (Å²) in [5.41, 5.74) is 7.09. The predicted octanol–water partition coefficient (Wildman–Crippen LogP) is 3.69. The van der Waals surface area contributed by atoms with Gasteiger partial charge in [-0.15, -0.1) is 0 Å². The van der Waals surface area contributed by atoms with Crippen molar-refractivity contribution < 1.29 is 0 Å². The smallest absolute Gasteiger partial charge is 0.0478 e. The second-order valence-electron chi connectivity index (χ2n) is 4.75. The maximum atomic E-state index is 5.95. The maximum Gasteiger partial charge on any atom is 0.0478 e. The normalized spacial score (nSPS) is 13.4. The Balaban J connectivity index is 2.93. The van der Waals surface area contributed by atoms with Crippen molar-refractivity contribution in [3.8, 4) is 0 Å². The average Bonchev–Trinajstić information content (AvgIpc) is 2.21. The van der Waals surface area contributed by atoms with E-state index in [1.165, 1.54) is 5.56 Å². The lowest BCUT2D eigenvalue weighted by Gasteiger charge is -2.29. The number of benzene rings is 1. The summed E-state index contributed by atoms with van der Waals surface area (Å²) in [7, 11) is 2.11. The molecule has 1 atom stereocenters. The zero-order valence-electron chi connectivity index (χ0n) is 10.6. The van der Waals surface area contributed by atoms with Crippen molar-refractivity contribution in [2.45, 2.75) is 19.9 Å². The topological polar surface area (TPSA) is 29.3 Å². The Hall–Kier alpha value is -0.0900. The van der Waals surface area contributed by atoms with Crippen molar-refractivity contribution in [2.75, 3.05) is 20.1 Å². The van der Waals surface area contributed by atoms with E-state index < -0.39 is 0 Å². The molecule has 0 spiro atoms. The first-order valence-corrected chi connectivity index (χ1v) is 6.98. The van der Waals surface area contributed by atoms with Gasteiger partial charge in [0.1, 0.15) is 0 Å². The fraction of sp³-hybridized carbons (Fsp3) is 0.538. The van der Waals surface area contributed by atoms with Gasteiger partial charge in [0.25, 0.3) is 0 Å². The summed E-state index contributed by atoms with van der Waals surface area (Å²) >= 11 is 9.51. The van der Waals surface area contributed by atoms with E-state index in [4.69, 9.17) is 17.3 Å². The number of nitrogens with two attached hydrogens (primary N) is 1. The molecule has 0 bridgehead atoms. The van der Waals surface area contributed by atoms with Crippen LogP contribution in [0.3, 0.4) is 0 Å². The van der Waals surface area contributed by atoms with Gasteiger partial charge in [0.15, 0.2) is 0 Å². The Labute approximate surface area is 117 Å². The molecule has 0 radical (unpaired) electrons. The molecule has 1 aromatic carbocycles.